The molecule has 0 bridgehead atoms. The van der Waals surface area contributed by atoms with Gasteiger partial charge in [0, 0.05) is 20.6 Å². The Morgan fingerprint density at radius 2 is 1.76 bits per heavy atom. The fraction of sp³-hybridized carbons (Fsp3) is 0.318. The molecule has 7 nitrogen and oxygen atoms in total. The van der Waals surface area contributed by atoms with Crippen LogP contribution in [0, 0.1) is 13.8 Å². The van der Waals surface area contributed by atoms with Gasteiger partial charge in [-0.3, -0.25) is 9.69 Å². The Balaban J connectivity index is 1.73. The normalized spacial score (nSPS) is 21.4. The van der Waals surface area contributed by atoms with Crippen LogP contribution in [0.15, 0.2) is 53.5 Å². The second-order valence-corrected chi connectivity index (χ2v) is 7.55. The molecule has 0 spiro atoms. The maximum atomic E-state index is 13.0. The molecule has 0 radical (unpaired) electrons. The van der Waals surface area contributed by atoms with E-state index in [1.165, 1.54) is 11.9 Å². The van der Waals surface area contributed by atoms with E-state index in [4.69, 9.17) is 4.74 Å². The molecule has 2 unspecified atom stereocenters. The molecule has 1 saturated heterocycles. The molecule has 2 aliphatic rings. The Bertz CT molecular complexity index is 989. The van der Waals surface area contributed by atoms with Crippen molar-refractivity contribution in [2.75, 3.05) is 14.1 Å². The van der Waals surface area contributed by atoms with Crippen molar-refractivity contribution < 1.29 is 14.3 Å². The van der Waals surface area contributed by atoms with Crippen LogP contribution in [-0.4, -0.2) is 59.0 Å². The molecule has 2 heterocycles. The molecule has 7 heteroatoms. The number of rotatable bonds is 3. The lowest BCUT2D eigenvalue weighted by Gasteiger charge is -2.39. The van der Waals surface area contributed by atoms with Gasteiger partial charge in [-0.2, -0.15) is 0 Å². The number of amides is 3. The molecule has 4 rings (SSSR count). The van der Waals surface area contributed by atoms with Gasteiger partial charge in [0.05, 0.1) is 0 Å². The predicted molar refractivity (Wildman–Crippen MR) is 109 cm³/mol. The summed E-state index contributed by atoms with van der Waals surface area (Å²) in [5.74, 6) is 0.410. The van der Waals surface area contributed by atoms with Crippen molar-refractivity contribution >= 4 is 18.0 Å². The van der Waals surface area contributed by atoms with Crippen molar-refractivity contribution in [2.24, 2.45) is 4.99 Å². The number of urea groups is 1. The molecule has 2 aromatic carbocycles. The number of hydrogen-bond acceptors (Lipinski definition) is 5. The molecule has 2 aromatic rings. The first kappa shape index (κ1) is 19.0. The highest BCUT2D eigenvalue weighted by molar-refractivity contribution is 6.03. The van der Waals surface area contributed by atoms with Crippen molar-refractivity contribution in [1.82, 2.24) is 14.7 Å². The summed E-state index contributed by atoms with van der Waals surface area (Å²) in [5.41, 5.74) is 3.07. The zero-order chi connectivity index (χ0) is 20.7. The molecular weight excluding hydrogens is 368 g/mol. The number of ether oxygens (including phenoxy) is 1. The van der Waals surface area contributed by atoms with Gasteiger partial charge in [0.2, 0.25) is 0 Å². The summed E-state index contributed by atoms with van der Waals surface area (Å²) in [4.78, 5) is 34.5. The summed E-state index contributed by atoms with van der Waals surface area (Å²) in [7, 11) is 3.16. The van der Waals surface area contributed by atoms with Crippen LogP contribution in [0.1, 0.15) is 16.7 Å². The smallest absolute Gasteiger partial charge is 0.328 e. The molecule has 2 atom stereocenters. The van der Waals surface area contributed by atoms with Gasteiger partial charge in [0.1, 0.15) is 5.75 Å². The topological polar surface area (TPSA) is 65.5 Å². The third-order valence-electron chi connectivity index (χ3n) is 5.42. The van der Waals surface area contributed by atoms with Crippen LogP contribution in [0.25, 0.3) is 0 Å². The molecule has 0 aliphatic carbocycles. The Labute approximate surface area is 170 Å². The number of fused-ring (bicyclic) bond motifs is 1. The number of amidine groups is 1. The predicted octanol–water partition coefficient (Wildman–Crippen LogP) is 2.77. The highest BCUT2D eigenvalue weighted by Crippen LogP contribution is 2.30. The van der Waals surface area contributed by atoms with Crippen molar-refractivity contribution in [3.8, 4) is 5.75 Å². The van der Waals surface area contributed by atoms with E-state index in [1.54, 1.807) is 7.05 Å². The van der Waals surface area contributed by atoms with Crippen molar-refractivity contribution in [3.05, 3.63) is 65.2 Å². The van der Waals surface area contributed by atoms with Gasteiger partial charge < -0.3 is 14.5 Å². The van der Waals surface area contributed by atoms with E-state index in [1.807, 2.05) is 67.3 Å². The Kier molecular flexibility index (Phi) is 4.74. The molecule has 0 saturated carbocycles. The first-order valence-corrected chi connectivity index (χ1v) is 9.54. The van der Waals surface area contributed by atoms with E-state index in [-0.39, 0.29) is 11.9 Å². The molecule has 0 N–H and O–H groups in total. The first-order chi connectivity index (χ1) is 13.9. The Morgan fingerprint density at radius 3 is 2.48 bits per heavy atom. The maximum absolute atomic E-state index is 13.0. The fourth-order valence-corrected chi connectivity index (χ4v) is 3.69. The van der Waals surface area contributed by atoms with Gasteiger partial charge in [-0.15, -0.1) is 0 Å². The average molecular weight is 392 g/mol. The van der Waals surface area contributed by atoms with E-state index >= 15 is 0 Å². The molecule has 3 amide bonds. The van der Waals surface area contributed by atoms with Crippen molar-refractivity contribution in [1.29, 1.82) is 0 Å². The van der Waals surface area contributed by atoms with E-state index in [2.05, 4.69) is 4.99 Å². The van der Waals surface area contributed by atoms with Gasteiger partial charge in [-0.25, -0.2) is 9.79 Å². The summed E-state index contributed by atoms with van der Waals surface area (Å²) >= 11 is 0. The fourth-order valence-electron chi connectivity index (χ4n) is 3.69. The summed E-state index contributed by atoms with van der Waals surface area (Å²) in [6.07, 6.45) is -0.616. The van der Waals surface area contributed by atoms with Gasteiger partial charge >= 0.3 is 6.03 Å². The van der Waals surface area contributed by atoms with Crippen LogP contribution in [0.5, 0.6) is 5.75 Å². The quantitative estimate of drug-likeness (QED) is 0.806. The lowest BCUT2D eigenvalue weighted by molar-refractivity contribution is -0.136. The van der Waals surface area contributed by atoms with Crippen LogP contribution in [-0.2, 0) is 11.3 Å². The summed E-state index contributed by atoms with van der Waals surface area (Å²) in [5, 5.41) is 0. The monoisotopic (exact) mass is 392 g/mol. The number of carbonyl (C=O) groups is 2. The van der Waals surface area contributed by atoms with E-state index in [0.717, 1.165) is 21.6 Å². The van der Waals surface area contributed by atoms with Crippen molar-refractivity contribution in [3.63, 3.8) is 0 Å². The van der Waals surface area contributed by atoms with Crippen LogP contribution in [0.2, 0.25) is 0 Å². The largest absolute Gasteiger partial charge is 0.426 e. The maximum Gasteiger partial charge on any atom is 0.328 e. The number of likely N-dealkylation sites (N-methyl/N-ethyl adjacent to an activating group) is 2. The second kappa shape index (κ2) is 7.24. The van der Waals surface area contributed by atoms with Crippen LogP contribution in [0.4, 0.5) is 4.79 Å². The first-order valence-electron chi connectivity index (χ1n) is 9.54. The number of aryl methyl sites for hydroxylation is 2. The second-order valence-electron chi connectivity index (χ2n) is 7.55. The minimum absolute atomic E-state index is 0.280. The minimum atomic E-state index is -0.622. The Morgan fingerprint density at radius 1 is 1.03 bits per heavy atom. The zero-order valence-electron chi connectivity index (χ0n) is 17.0. The average Bonchev–Trinajstić information content (AvgIpc) is 3.06. The van der Waals surface area contributed by atoms with Gasteiger partial charge in [-0.1, -0.05) is 42.5 Å². The number of nitrogens with zero attached hydrogens (tertiary/aromatic N) is 4. The Hall–Kier alpha value is -3.35. The van der Waals surface area contributed by atoms with E-state index < -0.39 is 12.2 Å². The molecule has 2 aliphatic heterocycles. The molecule has 0 aromatic heterocycles. The highest BCUT2D eigenvalue weighted by Gasteiger charge is 2.51. The lowest BCUT2D eigenvalue weighted by atomic mass is 10.1. The zero-order valence-corrected chi connectivity index (χ0v) is 17.0. The van der Waals surface area contributed by atoms with E-state index in [9.17, 15) is 9.59 Å². The van der Waals surface area contributed by atoms with Crippen LogP contribution < -0.4 is 4.74 Å². The van der Waals surface area contributed by atoms with Crippen LogP contribution >= 0.6 is 0 Å². The minimum Gasteiger partial charge on any atom is -0.426 e. The molecule has 150 valence electrons. The standard InChI is InChI=1S/C22H24N4O3/c1-14-10-11-15(2)17(12-14)29-21-23-19-18(20(27)25(4)22(28)24(19)3)26(21)13-16-8-6-5-7-9-16/h5-12,18-19H,13H2,1-4H3. The van der Waals surface area contributed by atoms with Gasteiger partial charge in [0.15, 0.2) is 12.2 Å². The number of hydrogen-bond donors (Lipinski definition) is 0. The highest BCUT2D eigenvalue weighted by atomic mass is 16.5. The molecule has 1 fully saturated rings. The number of imide groups is 1. The molecule has 29 heavy (non-hydrogen) atoms. The third-order valence-corrected chi connectivity index (χ3v) is 5.42. The van der Waals surface area contributed by atoms with Gasteiger partial charge in [-0.05, 0) is 36.6 Å². The summed E-state index contributed by atoms with van der Waals surface area (Å²) < 4.78 is 6.20. The van der Waals surface area contributed by atoms with Crippen LogP contribution in [0.3, 0.4) is 0 Å². The number of aliphatic imine (C=N–C) groups is 1. The number of carbonyl (C=O) groups excluding carboxylic acids is 2. The van der Waals surface area contributed by atoms with E-state index in [0.29, 0.717) is 18.3 Å². The SMILES string of the molecule is Cc1ccc(C)c(OC2=NC3C(C(=O)N(C)C(=O)N3C)N2Cc2ccccc2)c1. The van der Waals surface area contributed by atoms with Gasteiger partial charge in [0.25, 0.3) is 11.9 Å². The molecular formula is C22H24N4O3. The number of benzene rings is 2. The summed E-state index contributed by atoms with van der Waals surface area (Å²) in [6.45, 7) is 4.41. The third kappa shape index (κ3) is 3.33. The lowest BCUT2D eigenvalue weighted by Crippen LogP contribution is -2.63. The summed E-state index contributed by atoms with van der Waals surface area (Å²) in [6, 6.07) is 15.2. The van der Waals surface area contributed by atoms with Crippen molar-refractivity contribution in [2.45, 2.75) is 32.6 Å².